The molecule has 6 heteroatoms. The SMILES string of the molecule is CN(CCC#N)C(=O)CN1CCN(C(=O)C(c2ccccc2)c2ccccc2)CC1. The number of likely N-dealkylation sites (N-methyl/N-ethyl adjacent to an activating group) is 1. The van der Waals surface area contributed by atoms with Crippen molar-refractivity contribution in [2.45, 2.75) is 12.3 Å². The molecule has 2 aromatic carbocycles. The maximum Gasteiger partial charge on any atom is 0.236 e. The number of rotatable bonds is 7. The first-order valence-corrected chi connectivity index (χ1v) is 10.3. The number of amides is 2. The Hall–Kier alpha value is -3.17. The summed E-state index contributed by atoms with van der Waals surface area (Å²) in [4.78, 5) is 31.3. The molecule has 0 aromatic heterocycles. The summed E-state index contributed by atoms with van der Waals surface area (Å²) >= 11 is 0. The fraction of sp³-hybridized carbons (Fsp3) is 0.375. The summed E-state index contributed by atoms with van der Waals surface area (Å²) in [5.41, 5.74) is 1.98. The fourth-order valence-electron chi connectivity index (χ4n) is 3.73. The normalized spacial score (nSPS) is 14.4. The number of carbonyl (C=O) groups is 2. The summed E-state index contributed by atoms with van der Waals surface area (Å²) in [5, 5.41) is 8.67. The molecule has 1 aliphatic rings. The van der Waals surface area contributed by atoms with Crippen LogP contribution >= 0.6 is 0 Å². The van der Waals surface area contributed by atoms with E-state index in [0.29, 0.717) is 45.7 Å². The van der Waals surface area contributed by atoms with Gasteiger partial charge in [-0.25, -0.2) is 0 Å². The van der Waals surface area contributed by atoms with Crippen LogP contribution in [0.3, 0.4) is 0 Å². The number of nitrogens with zero attached hydrogens (tertiary/aromatic N) is 4. The molecule has 6 nitrogen and oxygen atoms in total. The lowest BCUT2D eigenvalue weighted by molar-refractivity contribution is -0.135. The number of benzene rings is 2. The Labute approximate surface area is 178 Å². The van der Waals surface area contributed by atoms with E-state index in [9.17, 15) is 9.59 Å². The molecule has 0 N–H and O–H groups in total. The predicted molar refractivity (Wildman–Crippen MR) is 116 cm³/mol. The molecule has 3 rings (SSSR count). The van der Waals surface area contributed by atoms with Crippen molar-refractivity contribution in [1.29, 1.82) is 5.26 Å². The molecule has 1 fully saturated rings. The van der Waals surface area contributed by atoms with Crippen LogP contribution in [-0.4, -0.2) is 72.8 Å². The van der Waals surface area contributed by atoms with Crippen molar-refractivity contribution in [3.8, 4) is 6.07 Å². The van der Waals surface area contributed by atoms with E-state index in [0.717, 1.165) is 11.1 Å². The number of hydrogen-bond acceptors (Lipinski definition) is 4. The topological polar surface area (TPSA) is 67.7 Å². The van der Waals surface area contributed by atoms with Crippen LogP contribution in [0.15, 0.2) is 60.7 Å². The van der Waals surface area contributed by atoms with E-state index in [4.69, 9.17) is 5.26 Å². The van der Waals surface area contributed by atoms with Gasteiger partial charge in [0.15, 0.2) is 0 Å². The van der Waals surface area contributed by atoms with E-state index in [1.807, 2.05) is 65.6 Å². The maximum atomic E-state index is 13.5. The average molecular weight is 405 g/mol. The molecular weight excluding hydrogens is 376 g/mol. The highest BCUT2D eigenvalue weighted by Gasteiger charge is 2.30. The van der Waals surface area contributed by atoms with Crippen LogP contribution in [-0.2, 0) is 9.59 Å². The molecule has 30 heavy (non-hydrogen) atoms. The van der Waals surface area contributed by atoms with Crippen LogP contribution in [0.25, 0.3) is 0 Å². The summed E-state index contributed by atoms with van der Waals surface area (Å²) in [6.07, 6.45) is 0.338. The van der Waals surface area contributed by atoms with Gasteiger partial charge in [0.1, 0.15) is 0 Å². The van der Waals surface area contributed by atoms with Gasteiger partial charge in [-0.15, -0.1) is 0 Å². The highest BCUT2D eigenvalue weighted by molar-refractivity contribution is 5.87. The van der Waals surface area contributed by atoms with Gasteiger partial charge in [-0.05, 0) is 11.1 Å². The van der Waals surface area contributed by atoms with Gasteiger partial charge < -0.3 is 9.80 Å². The van der Waals surface area contributed by atoms with E-state index >= 15 is 0 Å². The minimum Gasteiger partial charge on any atom is -0.344 e. The standard InChI is InChI=1S/C24H28N4O2/c1-26(14-8-13-25)22(29)19-27-15-17-28(18-16-27)24(30)23(20-9-4-2-5-10-20)21-11-6-3-7-12-21/h2-7,9-12,23H,8,14-19H2,1H3. The monoisotopic (exact) mass is 404 g/mol. The maximum absolute atomic E-state index is 13.5. The molecule has 2 aromatic rings. The van der Waals surface area contributed by atoms with Gasteiger partial charge in [0.2, 0.25) is 11.8 Å². The zero-order valence-corrected chi connectivity index (χ0v) is 17.4. The lowest BCUT2D eigenvalue weighted by Crippen LogP contribution is -2.52. The van der Waals surface area contributed by atoms with Crippen LogP contribution in [0, 0.1) is 11.3 Å². The molecule has 0 bridgehead atoms. The molecule has 1 heterocycles. The Kier molecular flexibility index (Phi) is 7.58. The first-order valence-electron chi connectivity index (χ1n) is 10.3. The Morgan fingerprint density at radius 3 is 2.00 bits per heavy atom. The molecule has 0 aliphatic carbocycles. The van der Waals surface area contributed by atoms with Crippen molar-refractivity contribution in [2.24, 2.45) is 0 Å². The summed E-state index contributed by atoms with van der Waals surface area (Å²) in [6.45, 7) is 3.31. The molecule has 0 spiro atoms. The zero-order valence-electron chi connectivity index (χ0n) is 17.4. The Morgan fingerprint density at radius 2 is 1.50 bits per heavy atom. The van der Waals surface area contributed by atoms with Crippen molar-refractivity contribution in [3.63, 3.8) is 0 Å². The fourth-order valence-corrected chi connectivity index (χ4v) is 3.73. The van der Waals surface area contributed by atoms with E-state index in [2.05, 4.69) is 11.0 Å². The molecule has 2 amide bonds. The van der Waals surface area contributed by atoms with Crippen molar-refractivity contribution in [1.82, 2.24) is 14.7 Å². The summed E-state index contributed by atoms with van der Waals surface area (Å²) in [5.74, 6) is -0.210. The van der Waals surface area contributed by atoms with Crippen molar-refractivity contribution in [3.05, 3.63) is 71.8 Å². The van der Waals surface area contributed by atoms with Crippen molar-refractivity contribution < 1.29 is 9.59 Å². The summed E-state index contributed by atoms with van der Waals surface area (Å²) in [7, 11) is 1.73. The highest BCUT2D eigenvalue weighted by atomic mass is 16.2. The van der Waals surface area contributed by atoms with Gasteiger partial charge in [0.25, 0.3) is 0 Å². The van der Waals surface area contributed by atoms with Crippen molar-refractivity contribution in [2.75, 3.05) is 46.3 Å². The number of nitriles is 1. The van der Waals surface area contributed by atoms with Crippen LogP contribution in [0.4, 0.5) is 0 Å². The molecule has 0 atom stereocenters. The molecule has 0 saturated carbocycles. The summed E-state index contributed by atoms with van der Waals surface area (Å²) < 4.78 is 0. The second-order valence-electron chi connectivity index (χ2n) is 7.58. The molecule has 0 radical (unpaired) electrons. The lowest BCUT2D eigenvalue weighted by Gasteiger charge is -2.36. The van der Waals surface area contributed by atoms with Crippen LogP contribution < -0.4 is 0 Å². The smallest absolute Gasteiger partial charge is 0.236 e. The van der Waals surface area contributed by atoms with Gasteiger partial charge in [-0.3, -0.25) is 14.5 Å². The largest absolute Gasteiger partial charge is 0.344 e. The molecule has 1 aliphatic heterocycles. The molecule has 0 unspecified atom stereocenters. The average Bonchev–Trinajstić information content (AvgIpc) is 2.79. The third-order valence-electron chi connectivity index (χ3n) is 5.54. The van der Waals surface area contributed by atoms with E-state index in [-0.39, 0.29) is 17.7 Å². The third kappa shape index (κ3) is 5.46. The number of piperazine rings is 1. The zero-order chi connectivity index (χ0) is 21.3. The van der Waals surface area contributed by atoms with Crippen LogP contribution in [0.5, 0.6) is 0 Å². The first kappa shape index (κ1) is 21.5. The second kappa shape index (κ2) is 10.6. The van der Waals surface area contributed by atoms with E-state index in [1.165, 1.54) is 0 Å². The van der Waals surface area contributed by atoms with Gasteiger partial charge in [0, 0.05) is 39.8 Å². The molecule has 156 valence electrons. The first-order chi connectivity index (χ1) is 14.6. The van der Waals surface area contributed by atoms with Crippen molar-refractivity contribution >= 4 is 11.8 Å². The number of carbonyl (C=O) groups excluding carboxylic acids is 2. The number of hydrogen-bond donors (Lipinski definition) is 0. The van der Waals surface area contributed by atoms with E-state index in [1.54, 1.807) is 11.9 Å². The minimum absolute atomic E-state index is 0.0106. The predicted octanol–water partition coefficient (Wildman–Crippen LogP) is 2.33. The summed E-state index contributed by atoms with van der Waals surface area (Å²) in [6, 6.07) is 21.8. The minimum atomic E-state index is -0.322. The quantitative estimate of drug-likeness (QED) is 0.710. The Morgan fingerprint density at radius 1 is 0.967 bits per heavy atom. The Bertz CT molecular complexity index is 832. The van der Waals surface area contributed by atoms with Gasteiger partial charge in [-0.2, -0.15) is 5.26 Å². The second-order valence-corrected chi connectivity index (χ2v) is 7.58. The van der Waals surface area contributed by atoms with Gasteiger partial charge in [0.05, 0.1) is 25.0 Å². The highest BCUT2D eigenvalue weighted by Crippen LogP contribution is 2.27. The lowest BCUT2D eigenvalue weighted by atomic mass is 9.90. The van der Waals surface area contributed by atoms with Gasteiger partial charge >= 0.3 is 0 Å². The third-order valence-corrected chi connectivity index (χ3v) is 5.54. The van der Waals surface area contributed by atoms with Crippen LogP contribution in [0.2, 0.25) is 0 Å². The van der Waals surface area contributed by atoms with Crippen LogP contribution in [0.1, 0.15) is 23.5 Å². The van der Waals surface area contributed by atoms with Gasteiger partial charge in [-0.1, -0.05) is 60.7 Å². The Balaban J connectivity index is 1.63. The molecular formula is C24H28N4O2. The van der Waals surface area contributed by atoms with E-state index < -0.39 is 0 Å². The molecule has 1 saturated heterocycles.